The van der Waals surface area contributed by atoms with Crippen LogP contribution in [0.5, 0.6) is 0 Å². The first-order valence-electron chi connectivity index (χ1n) is 5.89. The number of benzene rings is 1. The number of halogens is 2. The number of carbonyl (C=O) groups is 2. The van der Waals surface area contributed by atoms with Crippen LogP contribution in [0.25, 0.3) is 0 Å². The van der Waals surface area contributed by atoms with Crippen LogP contribution in [0.3, 0.4) is 0 Å². The Bertz CT molecular complexity index is 662. The summed E-state index contributed by atoms with van der Waals surface area (Å²) in [7, 11) is 0. The van der Waals surface area contributed by atoms with E-state index < -0.39 is 24.3 Å². The van der Waals surface area contributed by atoms with Crippen LogP contribution in [0.2, 0.25) is 5.15 Å². The smallest absolute Gasteiger partial charge is 0.341 e. The number of hydrogen-bond donors (Lipinski definition) is 1. The van der Waals surface area contributed by atoms with E-state index in [1.165, 1.54) is 42.6 Å². The molecule has 0 aliphatic rings. The molecule has 0 saturated carbocycles. The van der Waals surface area contributed by atoms with Gasteiger partial charge in [0.1, 0.15) is 11.0 Å². The molecule has 0 spiro atoms. The van der Waals surface area contributed by atoms with Gasteiger partial charge in [0.2, 0.25) is 0 Å². The minimum atomic E-state index is -0.748. The lowest BCUT2D eigenvalue weighted by atomic mass is 10.3. The number of hydrogen-bond acceptors (Lipinski definition) is 4. The second-order valence-corrected chi connectivity index (χ2v) is 4.33. The molecular formula is C14H10ClFN2O3. The van der Waals surface area contributed by atoms with E-state index in [0.717, 1.165) is 0 Å². The van der Waals surface area contributed by atoms with Crippen molar-refractivity contribution in [2.24, 2.45) is 0 Å². The molecule has 2 aromatic rings. The summed E-state index contributed by atoms with van der Waals surface area (Å²) in [4.78, 5) is 27.0. The van der Waals surface area contributed by atoms with Gasteiger partial charge in [-0.2, -0.15) is 0 Å². The standard InChI is InChI=1S/C14H10ClFN2O3/c15-13-11(2-1-7-17-13)14(20)21-8-12(19)18-10-5-3-9(16)4-6-10/h1-7H,8H2,(H,18,19). The molecule has 5 nitrogen and oxygen atoms in total. The lowest BCUT2D eigenvalue weighted by molar-refractivity contribution is -0.119. The normalized spacial score (nSPS) is 10.0. The van der Waals surface area contributed by atoms with E-state index in [-0.39, 0.29) is 10.7 Å². The van der Waals surface area contributed by atoms with Gasteiger partial charge in [0.15, 0.2) is 6.61 Å². The summed E-state index contributed by atoms with van der Waals surface area (Å²) in [6, 6.07) is 8.17. The zero-order valence-corrected chi connectivity index (χ0v) is 11.4. The minimum absolute atomic E-state index is 0.00134. The molecule has 1 heterocycles. The van der Waals surface area contributed by atoms with Crippen LogP contribution in [0.1, 0.15) is 10.4 Å². The molecule has 108 valence electrons. The molecule has 0 saturated heterocycles. The predicted octanol–water partition coefficient (Wildman–Crippen LogP) is 2.67. The Kier molecular flexibility index (Phi) is 4.84. The maximum Gasteiger partial charge on any atom is 0.341 e. The van der Waals surface area contributed by atoms with Crippen molar-refractivity contribution in [1.29, 1.82) is 0 Å². The summed E-state index contributed by atoms with van der Waals surface area (Å²) >= 11 is 5.73. The van der Waals surface area contributed by atoms with Crippen LogP contribution >= 0.6 is 11.6 Å². The van der Waals surface area contributed by atoms with Crippen LogP contribution in [0, 0.1) is 5.82 Å². The van der Waals surface area contributed by atoms with Gasteiger partial charge >= 0.3 is 5.97 Å². The van der Waals surface area contributed by atoms with Crippen molar-refractivity contribution in [3.8, 4) is 0 Å². The fraction of sp³-hybridized carbons (Fsp3) is 0.0714. The number of pyridine rings is 1. The van der Waals surface area contributed by atoms with Crippen LogP contribution in [0.4, 0.5) is 10.1 Å². The van der Waals surface area contributed by atoms with E-state index in [1.54, 1.807) is 0 Å². The van der Waals surface area contributed by atoms with Gasteiger partial charge in [-0.1, -0.05) is 11.6 Å². The number of carbonyl (C=O) groups excluding carboxylic acids is 2. The second-order valence-electron chi connectivity index (χ2n) is 3.97. The van der Waals surface area contributed by atoms with E-state index in [1.807, 2.05) is 0 Å². The van der Waals surface area contributed by atoms with Gasteiger partial charge in [0, 0.05) is 11.9 Å². The highest BCUT2D eigenvalue weighted by Crippen LogP contribution is 2.13. The highest BCUT2D eigenvalue weighted by molar-refractivity contribution is 6.32. The molecule has 0 aliphatic heterocycles. The maximum atomic E-state index is 12.7. The van der Waals surface area contributed by atoms with Crippen molar-refractivity contribution >= 4 is 29.2 Å². The van der Waals surface area contributed by atoms with Crippen LogP contribution < -0.4 is 5.32 Å². The molecule has 0 unspecified atom stereocenters. The van der Waals surface area contributed by atoms with Crippen LogP contribution in [-0.4, -0.2) is 23.5 Å². The quantitative estimate of drug-likeness (QED) is 0.696. The third-order valence-corrected chi connectivity index (χ3v) is 2.74. The van der Waals surface area contributed by atoms with Gasteiger partial charge < -0.3 is 10.1 Å². The number of nitrogens with zero attached hydrogens (tertiary/aromatic N) is 1. The Morgan fingerprint density at radius 2 is 1.95 bits per heavy atom. The molecule has 0 fully saturated rings. The minimum Gasteiger partial charge on any atom is -0.452 e. The zero-order chi connectivity index (χ0) is 15.2. The number of nitrogens with one attached hydrogen (secondary N) is 1. The predicted molar refractivity (Wildman–Crippen MR) is 74.6 cm³/mol. The first-order valence-corrected chi connectivity index (χ1v) is 6.27. The van der Waals surface area contributed by atoms with Crippen LogP contribution in [0.15, 0.2) is 42.6 Å². The molecule has 1 aromatic heterocycles. The molecule has 0 aliphatic carbocycles. The van der Waals surface area contributed by atoms with E-state index >= 15 is 0 Å². The fourth-order valence-corrected chi connectivity index (χ4v) is 1.67. The third kappa shape index (κ3) is 4.25. The molecule has 7 heteroatoms. The van der Waals surface area contributed by atoms with Crippen molar-refractivity contribution in [3.63, 3.8) is 0 Å². The maximum absolute atomic E-state index is 12.7. The zero-order valence-electron chi connectivity index (χ0n) is 10.7. The average Bonchev–Trinajstić information content (AvgIpc) is 2.48. The van der Waals surface area contributed by atoms with Crippen molar-refractivity contribution in [3.05, 3.63) is 59.1 Å². The SMILES string of the molecule is O=C(COC(=O)c1cccnc1Cl)Nc1ccc(F)cc1. The van der Waals surface area contributed by atoms with Crippen LogP contribution in [-0.2, 0) is 9.53 Å². The van der Waals surface area contributed by atoms with Crippen molar-refractivity contribution in [1.82, 2.24) is 4.98 Å². The third-order valence-electron chi connectivity index (χ3n) is 2.44. The molecular weight excluding hydrogens is 299 g/mol. The summed E-state index contributed by atoms with van der Waals surface area (Å²) < 4.78 is 17.5. The number of anilines is 1. The Balaban J connectivity index is 1.88. The van der Waals surface area contributed by atoms with Crippen molar-refractivity contribution in [2.45, 2.75) is 0 Å². The highest BCUT2D eigenvalue weighted by Gasteiger charge is 2.14. The highest BCUT2D eigenvalue weighted by atomic mass is 35.5. The number of esters is 1. The first kappa shape index (κ1) is 14.9. The van der Waals surface area contributed by atoms with E-state index in [9.17, 15) is 14.0 Å². The van der Waals surface area contributed by atoms with Gasteiger partial charge in [-0.15, -0.1) is 0 Å². The Morgan fingerprint density at radius 1 is 1.24 bits per heavy atom. The fourth-order valence-electron chi connectivity index (χ4n) is 1.48. The largest absolute Gasteiger partial charge is 0.452 e. The molecule has 1 N–H and O–H groups in total. The number of ether oxygens (including phenoxy) is 1. The average molecular weight is 309 g/mol. The van der Waals surface area contributed by atoms with Crippen molar-refractivity contribution in [2.75, 3.05) is 11.9 Å². The molecule has 0 bridgehead atoms. The summed E-state index contributed by atoms with van der Waals surface area (Å²) in [6.07, 6.45) is 1.43. The topological polar surface area (TPSA) is 68.3 Å². The van der Waals surface area contributed by atoms with Gasteiger partial charge in [0.05, 0.1) is 5.56 Å². The molecule has 2 rings (SSSR count). The van der Waals surface area contributed by atoms with Crippen molar-refractivity contribution < 1.29 is 18.7 Å². The lowest BCUT2D eigenvalue weighted by Gasteiger charge is -2.07. The lowest BCUT2D eigenvalue weighted by Crippen LogP contribution is -2.21. The Morgan fingerprint density at radius 3 is 2.62 bits per heavy atom. The Hall–Kier alpha value is -2.47. The summed E-state index contributed by atoms with van der Waals surface area (Å²) in [6.45, 7) is -0.485. The first-order chi connectivity index (χ1) is 10.1. The molecule has 1 amide bonds. The second kappa shape index (κ2) is 6.81. The van der Waals surface area contributed by atoms with Gasteiger partial charge in [-0.25, -0.2) is 14.2 Å². The molecule has 0 atom stereocenters. The van der Waals surface area contributed by atoms with E-state index in [4.69, 9.17) is 16.3 Å². The van der Waals surface area contributed by atoms with E-state index in [0.29, 0.717) is 5.69 Å². The molecule has 1 aromatic carbocycles. The number of amides is 1. The molecule has 21 heavy (non-hydrogen) atoms. The summed E-state index contributed by atoms with van der Waals surface area (Å²) in [5.74, 6) is -1.71. The number of aromatic nitrogens is 1. The monoisotopic (exact) mass is 308 g/mol. The van der Waals surface area contributed by atoms with Gasteiger partial charge in [0.25, 0.3) is 5.91 Å². The summed E-state index contributed by atoms with van der Waals surface area (Å²) in [5.41, 5.74) is 0.477. The summed E-state index contributed by atoms with van der Waals surface area (Å²) in [5, 5.41) is 2.46. The van der Waals surface area contributed by atoms with E-state index in [2.05, 4.69) is 10.3 Å². The molecule has 0 radical (unpaired) electrons. The van der Waals surface area contributed by atoms with Gasteiger partial charge in [-0.3, -0.25) is 4.79 Å². The number of rotatable bonds is 4. The van der Waals surface area contributed by atoms with Gasteiger partial charge in [-0.05, 0) is 36.4 Å². The Labute approximate surface area is 124 Å².